The zero-order valence-corrected chi connectivity index (χ0v) is 12.2. The largest absolute Gasteiger partial charge is 0.486 e. The van der Waals surface area contributed by atoms with Crippen LogP contribution in [-0.4, -0.2) is 11.1 Å². The number of benzene rings is 2. The zero-order chi connectivity index (χ0) is 14.7. The molecule has 0 aliphatic rings. The van der Waals surface area contributed by atoms with Crippen LogP contribution in [0.4, 0.5) is 0 Å². The molecular formula is C15H12Cl2O3. The summed E-state index contributed by atoms with van der Waals surface area (Å²) in [7, 11) is 0. The summed E-state index contributed by atoms with van der Waals surface area (Å²) in [6, 6.07) is 10.5. The number of rotatable bonds is 4. The van der Waals surface area contributed by atoms with E-state index in [2.05, 4.69) is 0 Å². The van der Waals surface area contributed by atoms with Crippen molar-refractivity contribution in [2.24, 2.45) is 0 Å². The summed E-state index contributed by atoms with van der Waals surface area (Å²) in [5, 5.41) is 9.61. The van der Waals surface area contributed by atoms with Gasteiger partial charge in [-0.2, -0.15) is 0 Å². The predicted molar refractivity (Wildman–Crippen MR) is 78.9 cm³/mol. The van der Waals surface area contributed by atoms with Gasteiger partial charge in [0.05, 0.1) is 5.02 Å². The molecule has 0 bridgehead atoms. The summed E-state index contributed by atoms with van der Waals surface area (Å²) in [4.78, 5) is 11.2. The topological polar surface area (TPSA) is 46.5 Å². The highest BCUT2D eigenvalue weighted by Crippen LogP contribution is 2.33. The Hall–Kier alpha value is -1.71. The number of hydrogen-bond acceptors (Lipinski definition) is 2. The van der Waals surface area contributed by atoms with Crippen LogP contribution >= 0.6 is 23.2 Å². The molecule has 0 amide bonds. The minimum Gasteiger partial charge on any atom is -0.486 e. The molecule has 0 aromatic heterocycles. The van der Waals surface area contributed by atoms with E-state index in [-0.39, 0.29) is 28.0 Å². The SMILES string of the molecule is Cc1ccccc1COc1c(Cl)cc(Cl)cc1C(=O)O. The Labute approximate surface area is 126 Å². The summed E-state index contributed by atoms with van der Waals surface area (Å²) < 4.78 is 5.58. The van der Waals surface area contributed by atoms with Gasteiger partial charge in [0, 0.05) is 5.02 Å². The van der Waals surface area contributed by atoms with Crippen LogP contribution in [0.15, 0.2) is 36.4 Å². The summed E-state index contributed by atoms with van der Waals surface area (Å²) in [5.74, 6) is -0.999. The third-order valence-electron chi connectivity index (χ3n) is 2.87. The van der Waals surface area contributed by atoms with Crippen molar-refractivity contribution in [1.29, 1.82) is 0 Å². The van der Waals surface area contributed by atoms with Crippen molar-refractivity contribution < 1.29 is 14.6 Å². The summed E-state index contributed by atoms with van der Waals surface area (Å²) in [6.07, 6.45) is 0. The molecule has 0 heterocycles. The lowest BCUT2D eigenvalue weighted by molar-refractivity contribution is 0.0692. The van der Waals surface area contributed by atoms with E-state index in [9.17, 15) is 4.79 Å². The second kappa shape index (κ2) is 6.16. The van der Waals surface area contributed by atoms with Crippen molar-refractivity contribution in [3.63, 3.8) is 0 Å². The number of ether oxygens (including phenoxy) is 1. The van der Waals surface area contributed by atoms with E-state index in [0.29, 0.717) is 0 Å². The average molecular weight is 311 g/mol. The van der Waals surface area contributed by atoms with E-state index >= 15 is 0 Å². The quantitative estimate of drug-likeness (QED) is 0.899. The molecule has 2 aromatic carbocycles. The van der Waals surface area contributed by atoms with Crippen LogP contribution in [0.5, 0.6) is 5.75 Å². The van der Waals surface area contributed by atoms with Gasteiger partial charge in [0.15, 0.2) is 5.75 Å². The number of carboxylic acid groups (broad SMARTS) is 1. The maximum Gasteiger partial charge on any atom is 0.339 e. The fourth-order valence-electron chi connectivity index (χ4n) is 1.79. The van der Waals surface area contributed by atoms with E-state index in [1.54, 1.807) is 0 Å². The van der Waals surface area contributed by atoms with Gasteiger partial charge in [-0.3, -0.25) is 0 Å². The van der Waals surface area contributed by atoms with E-state index in [0.717, 1.165) is 11.1 Å². The molecule has 0 atom stereocenters. The van der Waals surface area contributed by atoms with Crippen LogP contribution in [0, 0.1) is 6.92 Å². The van der Waals surface area contributed by atoms with Gasteiger partial charge in [-0.25, -0.2) is 4.79 Å². The third kappa shape index (κ3) is 3.24. The molecular weight excluding hydrogens is 299 g/mol. The average Bonchev–Trinajstić information content (AvgIpc) is 2.38. The highest BCUT2D eigenvalue weighted by molar-refractivity contribution is 6.36. The summed E-state index contributed by atoms with van der Waals surface area (Å²) in [6.45, 7) is 2.20. The normalized spacial score (nSPS) is 10.3. The number of hydrogen-bond donors (Lipinski definition) is 1. The number of halogens is 2. The Morgan fingerprint density at radius 3 is 2.60 bits per heavy atom. The molecule has 0 saturated carbocycles. The lowest BCUT2D eigenvalue weighted by atomic mass is 10.1. The van der Waals surface area contributed by atoms with Crippen LogP contribution in [0.25, 0.3) is 0 Å². The van der Waals surface area contributed by atoms with Gasteiger partial charge < -0.3 is 9.84 Å². The van der Waals surface area contributed by atoms with E-state index < -0.39 is 5.97 Å². The second-order valence-electron chi connectivity index (χ2n) is 4.28. The summed E-state index contributed by atoms with van der Waals surface area (Å²) >= 11 is 11.8. The van der Waals surface area contributed by atoms with Crippen molar-refractivity contribution in [2.45, 2.75) is 13.5 Å². The van der Waals surface area contributed by atoms with Gasteiger partial charge in [-0.05, 0) is 30.2 Å². The zero-order valence-electron chi connectivity index (χ0n) is 10.7. The van der Waals surface area contributed by atoms with Gasteiger partial charge in [0.25, 0.3) is 0 Å². The molecule has 0 fully saturated rings. The molecule has 0 aliphatic heterocycles. The second-order valence-corrected chi connectivity index (χ2v) is 5.13. The van der Waals surface area contributed by atoms with Crippen molar-refractivity contribution in [1.82, 2.24) is 0 Å². The van der Waals surface area contributed by atoms with Crippen LogP contribution in [-0.2, 0) is 6.61 Å². The molecule has 104 valence electrons. The minimum atomic E-state index is -1.13. The fourth-order valence-corrected chi connectivity index (χ4v) is 2.34. The molecule has 0 radical (unpaired) electrons. The first-order chi connectivity index (χ1) is 9.49. The standard InChI is InChI=1S/C15H12Cl2O3/c1-9-4-2-3-5-10(9)8-20-14-12(15(18)19)6-11(16)7-13(14)17/h2-7H,8H2,1H3,(H,18,19). The highest BCUT2D eigenvalue weighted by atomic mass is 35.5. The molecule has 0 saturated heterocycles. The lowest BCUT2D eigenvalue weighted by Crippen LogP contribution is -2.05. The first-order valence-electron chi connectivity index (χ1n) is 5.88. The molecule has 0 unspecified atom stereocenters. The molecule has 2 rings (SSSR count). The Balaban J connectivity index is 2.30. The van der Waals surface area contributed by atoms with E-state index in [1.807, 2.05) is 31.2 Å². The lowest BCUT2D eigenvalue weighted by Gasteiger charge is -2.12. The Bertz CT molecular complexity index is 654. The summed E-state index contributed by atoms with van der Waals surface area (Å²) in [5.41, 5.74) is 1.99. The molecule has 0 spiro atoms. The van der Waals surface area contributed by atoms with Crippen LogP contribution < -0.4 is 4.74 Å². The molecule has 1 N–H and O–H groups in total. The molecule has 3 nitrogen and oxygen atoms in total. The van der Waals surface area contributed by atoms with Crippen molar-refractivity contribution in [2.75, 3.05) is 0 Å². The van der Waals surface area contributed by atoms with Gasteiger partial charge in [0.2, 0.25) is 0 Å². The highest BCUT2D eigenvalue weighted by Gasteiger charge is 2.16. The van der Waals surface area contributed by atoms with E-state index in [1.165, 1.54) is 12.1 Å². The Morgan fingerprint density at radius 1 is 1.25 bits per heavy atom. The number of carbonyl (C=O) groups is 1. The predicted octanol–water partition coefficient (Wildman–Crippen LogP) is 4.58. The number of aryl methyl sites for hydroxylation is 1. The molecule has 2 aromatic rings. The van der Waals surface area contributed by atoms with Crippen molar-refractivity contribution in [3.05, 3.63) is 63.1 Å². The monoisotopic (exact) mass is 310 g/mol. The Morgan fingerprint density at radius 2 is 1.95 bits per heavy atom. The molecule has 5 heteroatoms. The van der Waals surface area contributed by atoms with Gasteiger partial charge >= 0.3 is 5.97 Å². The maximum absolute atomic E-state index is 11.2. The molecule has 0 aliphatic carbocycles. The first-order valence-corrected chi connectivity index (χ1v) is 6.64. The molecule has 20 heavy (non-hydrogen) atoms. The van der Waals surface area contributed by atoms with Gasteiger partial charge in [-0.15, -0.1) is 0 Å². The van der Waals surface area contributed by atoms with Crippen molar-refractivity contribution >= 4 is 29.2 Å². The number of carboxylic acids is 1. The third-order valence-corrected chi connectivity index (χ3v) is 3.37. The van der Waals surface area contributed by atoms with Crippen LogP contribution in [0.2, 0.25) is 10.0 Å². The Kier molecular flexibility index (Phi) is 4.53. The number of aromatic carboxylic acids is 1. The van der Waals surface area contributed by atoms with Crippen LogP contribution in [0.1, 0.15) is 21.5 Å². The van der Waals surface area contributed by atoms with Gasteiger partial charge in [-0.1, -0.05) is 47.5 Å². The van der Waals surface area contributed by atoms with Gasteiger partial charge in [0.1, 0.15) is 12.2 Å². The fraction of sp³-hybridized carbons (Fsp3) is 0.133. The first kappa shape index (κ1) is 14.7. The van der Waals surface area contributed by atoms with Crippen molar-refractivity contribution in [3.8, 4) is 5.75 Å². The smallest absolute Gasteiger partial charge is 0.339 e. The van der Waals surface area contributed by atoms with Crippen LogP contribution in [0.3, 0.4) is 0 Å². The maximum atomic E-state index is 11.2. The minimum absolute atomic E-state index is 0.0453. The van der Waals surface area contributed by atoms with E-state index in [4.69, 9.17) is 33.0 Å².